The number of benzene rings is 1. The van der Waals surface area contributed by atoms with Gasteiger partial charge in [0, 0.05) is 31.3 Å². The number of hydrogen-bond acceptors (Lipinski definition) is 5. The third kappa shape index (κ3) is 4.23. The molecule has 0 unspecified atom stereocenters. The van der Waals surface area contributed by atoms with Crippen molar-refractivity contribution >= 4 is 5.91 Å². The molecule has 1 aliphatic rings. The van der Waals surface area contributed by atoms with Gasteiger partial charge in [0.05, 0.1) is 19.1 Å². The van der Waals surface area contributed by atoms with E-state index in [2.05, 4.69) is 5.10 Å². The van der Waals surface area contributed by atoms with E-state index in [1.807, 2.05) is 24.3 Å². The maximum atomic E-state index is 12.4. The molecular formula is C22H23N3O4. The molecule has 7 heteroatoms. The van der Waals surface area contributed by atoms with Crippen molar-refractivity contribution in [1.29, 1.82) is 0 Å². The fourth-order valence-corrected chi connectivity index (χ4v) is 3.61. The lowest BCUT2D eigenvalue weighted by Crippen LogP contribution is -2.40. The SMILES string of the molecule is COc1ccc(-c2ccc(=O)n(CC3CCN(C(=O)c4ccco4)CC3)n2)cc1. The Morgan fingerprint density at radius 1 is 1.14 bits per heavy atom. The van der Waals surface area contributed by atoms with Crippen molar-refractivity contribution in [2.75, 3.05) is 20.2 Å². The Hall–Kier alpha value is -3.35. The van der Waals surface area contributed by atoms with E-state index in [-0.39, 0.29) is 11.5 Å². The van der Waals surface area contributed by atoms with Crippen LogP contribution in [-0.4, -0.2) is 40.8 Å². The van der Waals surface area contributed by atoms with Crippen molar-refractivity contribution < 1.29 is 13.9 Å². The minimum Gasteiger partial charge on any atom is -0.497 e. The van der Waals surface area contributed by atoms with Crippen LogP contribution >= 0.6 is 0 Å². The van der Waals surface area contributed by atoms with E-state index in [4.69, 9.17) is 9.15 Å². The predicted octanol–water partition coefficient (Wildman–Crippen LogP) is 3.06. The molecule has 0 atom stereocenters. The van der Waals surface area contributed by atoms with E-state index >= 15 is 0 Å². The Balaban J connectivity index is 1.42. The third-order valence-corrected chi connectivity index (χ3v) is 5.32. The molecule has 29 heavy (non-hydrogen) atoms. The molecule has 0 aliphatic carbocycles. The van der Waals surface area contributed by atoms with E-state index in [0.717, 1.165) is 29.8 Å². The van der Waals surface area contributed by atoms with Crippen LogP contribution < -0.4 is 10.3 Å². The number of furan rings is 1. The molecule has 4 rings (SSSR count). The van der Waals surface area contributed by atoms with Gasteiger partial charge in [0.15, 0.2) is 5.76 Å². The first-order valence-electron chi connectivity index (χ1n) is 9.69. The highest BCUT2D eigenvalue weighted by Gasteiger charge is 2.25. The van der Waals surface area contributed by atoms with Crippen LogP contribution in [0.25, 0.3) is 11.3 Å². The number of methoxy groups -OCH3 is 1. The number of amides is 1. The maximum Gasteiger partial charge on any atom is 0.289 e. The van der Waals surface area contributed by atoms with Gasteiger partial charge in [-0.05, 0) is 61.2 Å². The van der Waals surface area contributed by atoms with E-state index < -0.39 is 0 Å². The Morgan fingerprint density at radius 3 is 2.55 bits per heavy atom. The van der Waals surface area contributed by atoms with Crippen LogP contribution in [0.5, 0.6) is 5.75 Å². The molecule has 0 N–H and O–H groups in total. The van der Waals surface area contributed by atoms with E-state index in [0.29, 0.717) is 31.3 Å². The lowest BCUT2D eigenvalue weighted by Gasteiger charge is -2.31. The molecule has 0 saturated carbocycles. The number of ether oxygens (including phenoxy) is 1. The third-order valence-electron chi connectivity index (χ3n) is 5.32. The molecule has 0 bridgehead atoms. The molecule has 1 aliphatic heterocycles. The number of carbonyl (C=O) groups is 1. The molecule has 1 amide bonds. The summed E-state index contributed by atoms with van der Waals surface area (Å²) in [4.78, 5) is 26.5. The smallest absolute Gasteiger partial charge is 0.289 e. The fourth-order valence-electron chi connectivity index (χ4n) is 3.61. The number of piperidine rings is 1. The molecule has 2 aromatic heterocycles. The van der Waals surface area contributed by atoms with Gasteiger partial charge >= 0.3 is 0 Å². The van der Waals surface area contributed by atoms with Gasteiger partial charge in [0.25, 0.3) is 11.5 Å². The average molecular weight is 393 g/mol. The Morgan fingerprint density at radius 2 is 1.90 bits per heavy atom. The summed E-state index contributed by atoms with van der Waals surface area (Å²) in [6.45, 7) is 1.85. The maximum absolute atomic E-state index is 12.4. The highest BCUT2D eigenvalue weighted by molar-refractivity contribution is 5.91. The first-order chi connectivity index (χ1) is 14.1. The molecule has 1 aromatic carbocycles. The van der Waals surface area contributed by atoms with Crippen molar-refractivity contribution in [1.82, 2.24) is 14.7 Å². The molecule has 7 nitrogen and oxygen atoms in total. The second-order valence-corrected chi connectivity index (χ2v) is 7.18. The Kier molecular flexibility index (Phi) is 5.46. The number of hydrogen-bond donors (Lipinski definition) is 0. The van der Waals surface area contributed by atoms with Crippen molar-refractivity contribution in [2.24, 2.45) is 5.92 Å². The Bertz CT molecular complexity index is 1020. The van der Waals surface area contributed by atoms with Crippen LogP contribution in [0.2, 0.25) is 0 Å². The lowest BCUT2D eigenvalue weighted by atomic mass is 9.96. The van der Waals surface area contributed by atoms with Gasteiger partial charge < -0.3 is 14.1 Å². The summed E-state index contributed by atoms with van der Waals surface area (Å²) in [5.41, 5.74) is 1.56. The minimum atomic E-state index is -0.114. The molecule has 0 radical (unpaired) electrons. The van der Waals surface area contributed by atoms with Gasteiger partial charge in [-0.3, -0.25) is 9.59 Å². The molecule has 3 aromatic rings. The first-order valence-corrected chi connectivity index (χ1v) is 9.69. The first kappa shape index (κ1) is 19.0. The quantitative estimate of drug-likeness (QED) is 0.666. The van der Waals surface area contributed by atoms with Gasteiger partial charge in [0.2, 0.25) is 0 Å². The van der Waals surface area contributed by atoms with Crippen LogP contribution in [-0.2, 0) is 6.54 Å². The van der Waals surface area contributed by atoms with Crippen LogP contribution in [0.1, 0.15) is 23.4 Å². The van der Waals surface area contributed by atoms with Crippen molar-refractivity contribution in [3.63, 3.8) is 0 Å². The predicted molar refractivity (Wildman–Crippen MR) is 108 cm³/mol. The van der Waals surface area contributed by atoms with Crippen LogP contribution in [0.3, 0.4) is 0 Å². The zero-order valence-corrected chi connectivity index (χ0v) is 16.3. The molecule has 1 saturated heterocycles. The van der Waals surface area contributed by atoms with Gasteiger partial charge in [-0.25, -0.2) is 4.68 Å². The summed E-state index contributed by atoms with van der Waals surface area (Å²) in [6.07, 6.45) is 3.16. The topological polar surface area (TPSA) is 77.6 Å². The van der Waals surface area contributed by atoms with E-state index in [9.17, 15) is 9.59 Å². The second-order valence-electron chi connectivity index (χ2n) is 7.18. The van der Waals surface area contributed by atoms with Crippen molar-refractivity contribution in [3.05, 3.63) is 70.9 Å². The van der Waals surface area contributed by atoms with Crippen molar-refractivity contribution in [2.45, 2.75) is 19.4 Å². The number of carbonyl (C=O) groups excluding carboxylic acids is 1. The summed E-state index contributed by atoms with van der Waals surface area (Å²) in [7, 11) is 1.63. The van der Waals surface area contributed by atoms with E-state index in [1.165, 1.54) is 10.9 Å². The average Bonchev–Trinajstić information content (AvgIpc) is 3.30. The summed E-state index contributed by atoms with van der Waals surface area (Å²) in [5.74, 6) is 1.36. The molecule has 0 spiro atoms. The number of likely N-dealkylation sites (tertiary alicyclic amines) is 1. The Labute approximate surface area is 168 Å². The van der Waals surface area contributed by atoms with Gasteiger partial charge in [0.1, 0.15) is 5.75 Å². The highest BCUT2D eigenvalue weighted by Crippen LogP contribution is 2.22. The monoisotopic (exact) mass is 393 g/mol. The molecular weight excluding hydrogens is 370 g/mol. The summed E-state index contributed by atoms with van der Waals surface area (Å²) in [6, 6.07) is 14.3. The fraction of sp³-hybridized carbons (Fsp3) is 0.318. The number of rotatable bonds is 5. The highest BCUT2D eigenvalue weighted by atomic mass is 16.5. The van der Waals surface area contributed by atoms with E-state index in [1.54, 1.807) is 36.3 Å². The van der Waals surface area contributed by atoms with Gasteiger partial charge in [-0.2, -0.15) is 5.10 Å². The van der Waals surface area contributed by atoms with Crippen LogP contribution in [0.15, 0.2) is 64.0 Å². The van der Waals surface area contributed by atoms with Gasteiger partial charge in [-0.15, -0.1) is 0 Å². The molecule has 150 valence electrons. The van der Waals surface area contributed by atoms with Crippen LogP contribution in [0.4, 0.5) is 0 Å². The summed E-state index contributed by atoms with van der Waals surface area (Å²) in [5, 5.41) is 4.55. The summed E-state index contributed by atoms with van der Waals surface area (Å²) < 4.78 is 11.9. The molecule has 3 heterocycles. The van der Waals surface area contributed by atoms with Crippen LogP contribution in [0, 0.1) is 5.92 Å². The minimum absolute atomic E-state index is 0.0785. The standard InChI is InChI=1S/C22H23N3O4/c1-28-18-6-4-17(5-7-18)19-8-9-21(26)25(23-19)15-16-10-12-24(13-11-16)22(27)20-3-2-14-29-20/h2-9,14,16H,10-13,15H2,1H3. The largest absolute Gasteiger partial charge is 0.497 e. The van der Waals surface area contributed by atoms with Crippen molar-refractivity contribution in [3.8, 4) is 17.0 Å². The normalized spacial score (nSPS) is 14.7. The number of nitrogens with zero attached hydrogens (tertiary/aromatic N) is 3. The second kappa shape index (κ2) is 8.34. The zero-order chi connectivity index (χ0) is 20.2. The van der Waals surface area contributed by atoms with Gasteiger partial charge in [-0.1, -0.05) is 0 Å². The lowest BCUT2D eigenvalue weighted by molar-refractivity contribution is 0.0648. The number of aromatic nitrogens is 2. The zero-order valence-electron chi connectivity index (χ0n) is 16.3. The summed E-state index contributed by atoms with van der Waals surface area (Å²) >= 11 is 0. The molecule has 1 fully saturated rings.